The van der Waals surface area contributed by atoms with E-state index >= 15 is 0 Å². The number of allylic oxidation sites excluding steroid dienone is 4. The average Bonchev–Trinajstić information content (AvgIpc) is 3.08. The molecular weight excluding hydrogens is 581 g/mol. The van der Waals surface area contributed by atoms with E-state index in [4.69, 9.17) is 0 Å². The van der Waals surface area contributed by atoms with Crippen LogP contribution in [0, 0.1) is 0 Å². The Morgan fingerprint density at radius 3 is 1.39 bits per heavy atom. The molecule has 0 saturated heterocycles. The molecule has 0 heterocycles. The number of alkyl halides is 9. The van der Waals surface area contributed by atoms with E-state index in [9.17, 15) is 39.5 Å². The predicted molar refractivity (Wildman–Crippen MR) is 99.6 cm³/mol. The summed E-state index contributed by atoms with van der Waals surface area (Å²) in [4.78, 5) is 0. The Hall–Kier alpha value is 0.156. The van der Waals surface area contributed by atoms with Gasteiger partial charge in [0, 0.05) is 0 Å². The van der Waals surface area contributed by atoms with Gasteiger partial charge in [0.2, 0.25) is 0 Å². The van der Waals surface area contributed by atoms with Gasteiger partial charge in [0.1, 0.15) is 0 Å². The van der Waals surface area contributed by atoms with Gasteiger partial charge in [-0.2, -0.15) is 0 Å². The van der Waals surface area contributed by atoms with Crippen molar-refractivity contribution in [3.8, 4) is 0 Å². The topological polar surface area (TPSA) is 36.1 Å². The molecule has 1 aliphatic rings. The van der Waals surface area contributed by atoms with E-state index in [1.54, 1.807) is 20.8 Å². The fraction of sp³-hybridized carbons (Fsp3) is 0.765. The van der Waals surface area contributed by atoms with Crippen molar-refractivity contribution in [3.05, 3.63) is 19.8 Å². The van der Waals surface area contributed by atoms with Gasteiger partial charge >= 0.3 is 185 Å². The molecule has 182 valence electrons. The molecule has 0 bridgehead atoms. The zero-order valence-corrected chi connectivity index (χ0v) is 22.1. The first kappa shape index (κ1) is 29.2. The van der Waals surface area contributed by atoms with E-state index in [1.165, 1.54) is 0 Å². The quantitative estimate of drug-likeness (QED) is 0.217. The fourth-order valence-electron chi connectivity index (χ4n) is 3.60. The van der Waals surface area contributed by atoms with E-state index in [0.717, 1.165) is 6.08 Å². The molecule has 3 nitrogen and oxygen atoms in total. The first-order valence-electron chi connectivity index (χ1n) is 10.0. The van der Waals surface area contributed by atoms with Crippen LogP contribution < -0.4 is 9.78 Å². The van der Waals surface area contributed by atoms with E-state index in [-0.39, 0.29) is 29.3 Å². The third-order valence-electron chi connectivity index (χ3n) is 4.98. The summed E-state index contributed by atoms with van der Waals surface area (Å²) in [7, 11) is 0. The number of hydrogen-bond acceptors (Lipinski definition) is 3. The third kappa shape index (κ3) is 5.81. The summed E-state index contributed by atoms with van der Waals surface area (Å²) in [6.45, 7) is 6.04. The SMILES string of the molecule is CCC[NH][Zr]([NH]CCC)([NH]CCC)[C]1=[C]([Ge]([C](F)(F)F)([C](F)(F)F)[C](F)(F)F)C=CC1. The Bertz CT molecular complexity index is 599. The van der Waals surface area contributed by atoms with E-state index in [2.05, 4.69) is 9.78 Å². The van der Waals surface area contributed by atoms with Crippen LogP contribution in [0.3, 0.4) is 0 Å². The van der Waals surface area contributed by atoms with Gasteiger partial charge in [0.05, 0.1) is 0 Å². The summed E-state index contributed by atoms with van der Waals surface area (Å²) in [5.74, 6) is 0. The first-order valence-corrected chi connectivity index (χ1v) is 19.1. The third-order valence-corrected chi connectivity index (χ3v) is 23.4. The number of rotatable bonds is 11. The van der Waals surface area contributed by atoms with Gasteiger partial charge in [-0.05, 0) is 0 Å². The van der Waals surface area contributed by atoms with Crippen molar-refractivity contribution < 1.29 is 60.7 Å². The molecule has 0 atom stereocenters. The number of nitrogens with one attached hydrogen (secondary N) is 3. The molecule has 0 aromatic heterocycles. The van der Waals surface area contributed by atoms with Gasteiger partial charge in [-0.1, -0.05) is 0 Å². The van der Waals surface area contributed by atoms with Crippen LogP contribution in [0.2, 0.25) is 0 Å². The van der Waals surface area contributed by atoms with Crippen LogP contribution in [0.15, 0.2) is 19.8 Å². The molecule has 0 unspecified atom stereocenters. The summed E-state index contributed by atoms with van der Waals surface area (Å²) in [6, 6.07) is 0. The second kappa shape index (κ2) is 11.1. The molecule has 14 heteroatoms. The minimum absolute atomic E-state index is 0.254. The molecule has 0 aromatic carbocycles. The molecule has 1 aliphatic carbocycles. The van der Waals surface area contributed by atoms with Crippen LogP contribution in [0.1, 0.15) is 46.5 Å². The minimum atomic E-state index is -8.76. The first-order chi connectivity index (χ1) is 14.2. The van der Waals surface area contributed by atoms with Gasteiger partial charge < -0.3 is 0 Å². The van der Waals surface area contributed by atoms with Crippen molar-refractivity contribution in [3.63, 3.8) is 0 Å². The molecule has 0 saturated carbocycles. The Morgan fingerprint density at radius 2 is 1.10 bits per heavy atom. The van der Waals surface area contributed by atoms with Gasteiger partial charge in [0.25, 0.3) is 0 Å². The van der Waals surface area contributed by atoms with Crippen LogP contribution in [-0.2, 0) is 21.1 Å². The monoisotopic (exact) mass is 609 g/mol. The van der Waals surface area contributed by atoms with Gasteiger partial charge in [-0.15, -0.1) is 0 Å². The summed E-state index contributed by atoms with van der Waals surface area (Å²) in [6.07, 6.45) is 2.60. The number of hydrogen-bond donors (Lipinski definition) is 3. The molecule has 0 aromatic rings. The average molecular weight is 609 g/mol. The van der Waals surface area contributed by atoms with Gasteiger partial charge in [0.15, 0.2) is 0 Å². The van der Waals surface area contributed by atoms with Crippen LogP contribution in [0.5, 0.6) is 0 Å². The second-order valence-corrected chi connectivity index (χ2v) is 22.9. The molecular formula is C17H28F9GeN3Zr. The van der Waals surface area contributed by atoms with Crippen molar-refractivity contribution in [1.82, 2.24) is 9.78 Å². The van der Waals surface area contributed by atoms with Crippen molar-refractivity contribution >= 4 is 13.3 Å². The van der Waals surface area contributed by atoms with Crippen LogP contribution in [0.25, 0.3) is 0 Å². The standard InChI is InChI=1S/C8H4F9Ge.3C3H8N.Zr/c9-6(10,11)18(7(12,13)14,8(15,16)17)5-3-1-2-4-5;3*1-2-3-4;/h1,3H,2H2;3*4H,2-3H2,1H3;/q;3*-1;+3. The zero-order valence-electron chi connectivity index (χ0n) is 17.5. The van der Waals surface area contributed by atoms with Crippen molar-refractivity contribution in [2.24, 2.45) is 0 Å². The molecule has 0 spiro atoms. The van der Waals surface area contributed by atoms with Crippen LogP contribution in [0.4, 0.5) is 39.5 Å². The zero-order chi connectivity index (χ0) is 24.1. The van der Waals surface area contributed by atoms with Gasteiger partial charge in [-0.25, -0.2) is 0 Å². The second-order valence-electron chi connectivity index (χ2n) is 7.27. The molecule has 0 amide bonds. The molecule has 31 heavy (non-hydrogen) atoms. The van der Waals surface area contributed by atoms with E-state index in [0.29, 0.717) is 25.3 Å². The maximum atomic E-state index is 13.9. The Balaban J connectivity index is 3.97. The number of halogens is 9. The summed E-state index contributed by atoms with van der Waals surface area (Å²) in [5, 5.41) is -19.3. The molecule has 0 aliphatic heterocycles. The summed E-state index contributed by atoms with van der Waals surface area (Å²) >= 11 is -13.4. The molecule has 0 fully saturated rings. The maximum absolute atomic E-state index is 13.9. The van der Waals surface area contributed by atoms with Crippen LogP contribution >= 0.6 is 0 Å². The molecule has 1 rings (SSSR count). The molecule has 3 N–H and O–H groups in total. The summed E-state index contributed by atoms with van der Waals surface area (Å²) < 4.78 is 132. The van der Waals surface area contributed by atoms with E-state index < -0.39 is 53.8 Å². The van der Waals surface area contributed by atoms with Crippen molar-refractivity contribution in [1.29, 1.82) is 0 Å². The Morgan fingerprint density at radius 1 is 0.742 bits per heavy atom. The normalized spacial score (nSPS) is 16.5. The Labute approximate surface area is 184 Å². The van der Waals surface area contributed by atoms with Gasteiger partial charge in [-0.3, -0.25) is 0 Å². The van der Waals surface area contributed by atoms with Crippen LogP contribution in [-0.4, -0.2) is 47.9 Å². The molecule has 0 radical (unpaired) electrons. The van der Waals surface area contributed by atoms with E-state index in [1.807, 2.05) is 0 Å². The Kier molecular flexibility index (Phi) is 10.4. The fourth-order valence-corrected chi connectivity index (χ4v) is 23.5. The van der Waals surface area contributed by atoms with Crippen molar-refractivity contribution in [2.75, 3.05) is 19.6 Å². The predicted octanol–water partition coefficient (Wildman–Crippen LogP) is 5.39. The van der Waals surface area contributed by atoms with Crippen molar-refractivity contribution in [2.45, 2.75) is 61.5 Å². The summed E-state index contributed by atoms with van der Waals surface area (Å²) in [5.41, 5.74) is 0.